The van der Waals surface area contributed by atoms with E-state index in [-0.39, 0.29) is 18.8 Å². The lowest BCUT2D eigenvalue weighted by Gasteiger charge is -2.45. The van der Waals surface area contributed by atoms with Crippen molar-refractivity contribution in [3.8, 4) is 24.3 Å². The molecule has 0 aromatic rings. The Morgan fingerprint density at radius 1 is 1.10 bits per heavy atom. The Kier molecular flexibility index (Phi) is 4.46. The average molecular weight is 270 g/mol. The number of Topliss-reactive ketones (excluding diaryl/α,β-unsaturated/α-hetero) is 1. The van der Waals surface area contributed by atoms with E-state index >= 15 is 0 Å². The van der Waals surface area contributed by atoms with Crippen LogP contribution >= 0.6 is 0 Å². The Bertz CT molecular complexity index is 542. The second kappa shape index (κ2) is 5.70. The van der Waals surface area contributed by atoms with E-state index in [0.29, 0.717) is 6.42 Å². The van der Waals surface area contributed by atoms with Gasteiger partial charge in [0.25, 0.3) is 0 Å². The van der Waals surface area contributed by atoms with Gasteiger partial charge in [-0.15, -0.1) is 0 Å². The molecule has 0 radical (unpaired) electrons. The van der Waals surface area contributed by atoms with Gasteiger partial charge in [-0.2, -0.15) is 21.0 Å². The smallest absolute Gasteiger partial charge is 0.201 e. The van der Waals surface area contributed by atoms with Crippen LogP contribution in [-0.2, 0) is 9.53 Å². The molecule has 2 atom stereocenters. The Labute approximate surface area is 117 Å². The van der Waals surface area contributed by atoms with Gasteiger partial charge in [-0.1, -0.05) is 0 Å². The maximum absolute atomic E-state index is 11.8. The maximum atomic E-state index is 11.8. The molecule has 6 nitrogen and oxygen atoms in total. The van der Waals surface area contributed by atoms with Crippen LogP contribution in [0.5, 0.6) is 0 Å². The van der Waals surface area contributed by atoms with E-state index in [2.05, 4.69) is 0 Å². The summed E-state index contributed by atoms with van der Waals surface area (Å²) in [6.07, 6.45) is -0.297. The highest BCUT2D eigenvalue weighted by Crippen LogP contribution is 2.54. The molecule has 20 heavy (non-hydrogen) atoms. The van der Waals surface area contributed by atoms with E-state index in [4.69, 9.17) is 4.74 Å². The number of hydrogen-bond donors (Lipinski definition) is 0. The van der Waals surface area contributed by atoms with Crippen LogP contribution in [0, 0.1) is 62.1 Å². The minimum Gasteiger partial charge on any atom is -0.376 e. The van der Waals surface area contributed by atoms with Gasteiger partial charge in [0.15, 0.2) is 5.41 Å². The van der Waals surface area contributed by atoms with E-state index in [1.54, 1.807) is 31.2 Å². The first-order valence-corrected chi connectivity index (χ1v) is 6.26. The normalized spacial score (nSPS) is 26.3. The van der Waals surface area contributed by atoms with Gasteiger partial charge in [0.2, 0.25) is 5.41 Å². The predicted octanol–water partition coefficient (Wildman–Crippen LogP) is 1.46. The van der Waals surface area contributed by atoms with Gasteiger partial charge >= 0.3 is 0 Å². The molecule has 0 saturated heterocycles. The molecule has 0 N–H and O–H groups in total. The van der Waals surface area contributed by atoms with E-state index in [1.807, 2.05) is 0 Å². The van der Waals surface area contributed by atoms with Gasteiger partial charge in [-0.3, -0.25) is 4.79 Å². The summed E-state index contributed by atoms with van der Waals surface area (Å²) in [4.78, 5) is 11.8. The molecule has 1 aliphatic carbocycles. The van der Waals surface area contributed by atoms with E-state index in [9.17, 15) is 25.8 Å². The second-order valence-electron chi connectivity index (χ2n) is 4.75. The van der Waals surface area contributed by atoms with Crippen LogP contribution < -0.4 is 0 Å². The van der Waals surface area contributed by atoms with Crippen molar-refractivity contribution in [2.75, 3.05) is 6.61 Å². The molecular formula is C14H14N4O2. The van der Waals surface area contributed by atoms with Crippen LogP contribution in [-0.4, -0.2) is 18.5 Å². The van der Waals surface area contributed by atoms with E-state index < -0.39 is 22.9 Å². The topological polar surface area (TPSA) is 121 Å². The van der Waals surface area contributed by atoms with Gasteiger partial charge in [0, 0.05) is 6.61 Å². The Balaban J connectivity index is 3.59. The molecule has 0 spiro atoms. The minimum atomic E-state index is -2.00. The van der Waals surface area contributed by atoms with Gasteiger partial charge in [-0.25, -0.2) is 0 Å². The summed E-state index contributed by atoms with van der Waals surface area (Å²) >= 11 is 0. The second-order valence-corrected chi connectivity index (χ2v) is 4.75. The zero-order valence-corrected chi connectivity index (χ0v) is 11.4. The lowest BCUT2D eigenvalue weighted by Crippen LogP contribution is -2.57. The molecule has 102 valence electrons. The van der Waals surface area contributed by atoms with Crippen molar-refractivity contribution in [2.24, 2.45) is 16.7 Å². The summed E-state index contributed by atoms with van der Waals surface area (Å²) in [6.45, 7) is 3.24. The lowest BCUT2D eigenvalue weighted by atomic mass is 9.51. The van der Waals surface area contributed by atoms with E-state index in [0.717, 1.165) is 0 Å². The third-order valence-electron chi connectivity index (χ3n) is 3.91. The fourth-order valence-corrected chi connectivity index (χ4v) is 2.90. The summed E-state index contributed by atoms with van der Waals surface area (Å²) in [7, 11) is 0. The number of rotatable bonds is 3. The molecule has 0 bridgehead atoms. The molecule has 0 amide bonds. The van der Waals surface area contributed by atoms with Crippen molar-refractivity contribution in [1.29, 1.82) is 21.0 Å². The van der Waals surface area contributed by atoms with Gasteiger partial charge in [-0.05, 0) is 26.7 Å². The van der Waals surface area contributed by atoms with Crippen molar-refractivity contribution < 1.29 is 9.53 Å². The zero-order valence-electron chi connectivity index (χ0n) is 11.4. The Hall–Kier alpha value is -2.41. The van der Waals surface area contributed by atoms with Gasteiger partial charge in [0.1, 0.15) is 5.78 Å². The summed E-state index contributed by atoms with van der Waals surface area (Å²) in [5.74, 6) is -1.31. The first-order valence-electron chi connectivity index (χ1n) is 6.26. The third-order valence-corrected chi connectivity index (χ3v) is 3.91. The number of nitrogens with zero attached hydrogens (tertiary/aromatic N) is 4. The average Bonchev–Trinajstić information content (AvgIpc) is 2.46. The Morgan fingerprint density at radius 3 is 1.95 bits per heavy atom. The van der Waals surface area contributed by atoms with Crippen molar-refractivity contribution in [3.05, 3.63) is 0 Å². The molecule has 0 aromatic carbocycles. The maximum Gasteiger partial charge on any atom is 0.201 e. The summed E-state index contributed by atoms with van der Waals surface area (Å²) < 4.78 is 5.41. The van der Waals surface area contributed by atoms with Crippen LogP contribution in [0.15, 0.2) is 0 Å². The predicted molar refractivity (Wildman–Crippen MR) is 66.1 cm³/mol. The van der Waals surface area contributed by atoms with Crippen LogP contribution in [0.2, 0.25) is 0 Å². The van der Waals surface area contributed by atoms with Crippen molar-refractivity contribution in [3.63, 3.8) is 0 Å². The highest BCUT2D eigenvalue weighted by atomic mass is 16.5. The molecule has 0 heterocycles. The minimum absolute atomic E-state index is 0.256. The number of nitriles is 4. The molecule has 0 unspecified atom stereocenters. The molecule has 1 rings (SSSR count). The summed E-state index contributed by atoms with van der Waals surface area (Å²) in [6, 6.07) is 7.14. The first kappa shape index (κ1) is 15.6. The molecule has 1 saturated carbocycles. The number of ketones is 1. The highest BCUT2D eigenvalue weighted by Gasteiger charge is 2.67. The van der Waals surface area contributed by atoms with E-state index in [1.165, 1.54) is 6.92 Å². The molecule has 1 aliphatic rings. The number of carbonyl (C=O) groups is 1. The van der Waals surface area contributed by atoms with Crippen molar-refractivity contribution >= 4 is 5.78 Å². The van der Waals surface area contributed by atoms with Gasteiger partial charge < -0.3 is 4.74 Å². The molecule has 1 fully saturated rings. The quantitative estimate of drug-likeness (QED) is 0.765. The zero-order chi connectivity index (χ0) is 15.4. The Morgan fingerprint density at radius 2 is 1.60 bits per heavy atom. The monoisotopic (exact) mass is 270 g/mol. The van der Waals surface area contributed by atoms with Crippen molar-refractivity contribution in [2.45, 2.75) is 32.8 Å². The highest BCUT2D eigenvalue weighted by molar-refractivity contribution is 5.81. The van der Waals surface area contributed by atoms with Crippen LogP contribution in [0.1, 0.15) is 26.7 Å². The van der Waals surface area contributed by atoms with Crippen molar-refractivity contribution in [1.82, 2.24) is 0 Å². The number of carbonyl (C=O) groups excluding carboxylic acids is 1. The van der Waals surface area contributed by atoms with Crippen LogP contribution in [0.25, 0.3) is 0 Å². The fourth-order valence-electron chi connectivity index (χ4n) is 2.90. The SMILES string of the molecule is CCO[C@H]1CC[C@@H](C(C)=O)C(C#N)(C#N)C1(C#N)C#N. The summed E-state index contributed by atoms with van der Waals surface area (Å²) in [5.41, 5.74) is -3.96. The van der Waals surface area contributed by atoms with Gasteiger partial charge in [0.05, 0.1) is 36.3 Å². The lowest BCUT2D eigenvalue weighted by molar-refractivity contribution is -0.131. The number of hydrogen-bond acceptors (Lipinski definition) is 6. The third kappa shape index (κ3) is 1.83. The fraction of sp³-hybridized carbons (Fsp3) is 0.643. The molecule has 6 heteroatoms. The van der Waals surface area contributed by atoms with Crippen LogP contribution in [0.3, 0.4) is 0 Å². The van der Waals surface area contributed by atoms with Crippen LogP contribution in [0.4, 0.5) is 0 Å². The summed E-state index contributed by atoms with van der Waals surface area (Å²) in [5, 5.41) is 37.9. The largest absolute Gasteiger partial charge is 0.376 e. The molecular weight excluding hydrogens is 256 g/mol. The standard InChI is InChI=1S/C14H14N4O2/c1-3-20-12-5-4-11(10(2)19)13(6-15,7-16)14(12,8-17)9-18/h11-12H,3-5H2,1-2H3/t11-,12-/m0/s1. The number of ether oxygens (including phenoxy) is 1. The molecule has 0 aliphatic heterocycles. The molecule has 0 aromatic heterocycles. The first-order chi connectivity index (χ1) is 9.49.